The summed E-state index contributed by atoms with van der Waals surface area (Å²) in [5.74, 6) is 0.517. The Morgan fingerprint density at radius 2 is 2.14 bits per heavy atom. The van der Waals surface area contributed by atoms with Crippen LogP contribution < -0.4 is 4.74 Å². The van der Waals surface area contributed by atoms with E-state index in [1.165, 1.54) is 6.20 Å². The van der Waals surface area contributed by atoms with Crippen LogP contribution in [0.5, 0.6) is 5.88 Å². The quantitative estimate of drug-likeness (QED) is 0.398. The minimum Gasteiger partial charge on any atom is -0.470 e. The molecule has 0 saturated heterocycles. The van der Waals surface area contributed by atoms with Crippen LogP contribution in [0.2, 0.25) is 10.0 Å². The molecule has 1 atom stereocenters. The lowest BCUT2D eigenvalue weighted by Crippen LogP contribution is -2.19. The Hall–Kier alpha value is -2.57. The standard InChI is InChI=1S/C21H19Cl2N3O3/c1-12-10-17(29-25-12)18-16(22)9-8-14(19(18)23)20(27)15-11-24-26(2)21(15)28-13-6-4-3-5-7-13/h4,6,8-11,13H,3,5,7H2,1-2H3. The summed E-state index contributed by atoms with van der Waals surface area (Å²) >= 11 is 12.9. The highest BCUT2D eigenvalue weighted by Crippen LogP contribution is 2.38. The summed E-state index contributed by atoms with van der Waals surface area (Å²) in [5.41, 5.74) is 1.75. The predicted octanol–water partition coefficient (Wildman–Crippen LogP) is 5.41. The van der Waals surface area contributed by atoms with Gasteiger partial charge >= 0.3 is 0 Å². The molecular formula is C21H19Cl2N3O3. The second kappa shape index (κ2) is 8.05. The number of hydrogen-bond donors (Lipinski definition) is 0. The number of aromatic nitrogens is 3. The fraction of sp³-hybridized carbons (Fsp3) is 0.286. The number of ether oxygens (including phenoxy) is 1. The number of carbonyl (C=O) groups excluding carboxylic acids is 1. The monoisotopic (exact) mass is 431 g/mol. The van der Waals surface area contributed by atoms with E-state index in [0.717, 1.165) is 19.3 Å². The van der Waals surface area contributed by atoms with Gasteiger partial charge in [0.25, 0.3) is 0 Å². The van der Waals surface area contributed by atoms with Crippen LogP contribution in [0.25, 0.3) is 11.3 Å². The van der Waals surface area contributed by atoms with Crippen molar-refractivity contribution in [1.82, 2.24) is 14.9 Å². The number of hydrogen-bond acceptors (Lipinski definition) is 5. The summed E-state index contributed by atoms with van der Waals surface area (Å²) in [7, 11) is 1.74. The molecule has 0 bridgehead atoms. The van der Waals surface area contributed by atoms with Gasteiger partial charge in [-0.1, -0.05) is 34.4 Å². The van der Waals surface area contributed by atoms with Gasteiger partial charge in [-0.25, -0.2) is 4.68 Å². The smallest absolute Gasteiger partial charge is 0.223 e. The Balaban J connectivity index is 1.72. The van der Waals surface area contributed by atoms with Gasteiger partial charge in [-0.15, -0.1) is 0 Å². The molecular weight excluding hydrogens is 413 g/mol. The van der Waals surface area contributed by atoms with E-state index in [-0.39, 0.29) is 22.5 Å². The summed E-state index contributed by atoms with van der Waals surface area (Å²) in [6.07, 6.45) is 8.50. The van der Waals surface area contributed by atoms with Crippen LogP contribution in [0.1, 0.15) is 40.9 Å². The minimum atomic E-state index is -0.299. The third-order valence-corrected chi connectivity index (χ3v) is 5.52. The molecule has 1 aromatic carbocycles. The number of carbonyl (C=O) groups is 1. The molecule has 0 spiro atoms. The van der Waals surface area contributed by atoms with Gasteiger partial charge in [0.15, 0.2) is 5.76 Å². The zero-order valence-corrected chi connectivity index (χ0v) is 17.5. The number of benzene rings is 1. The Morgan fingerprint density at radius 3 is 2.83 bits per heavy atom. The van der Waals surface area contributed by atoms with E-state index in [0.29, 0.717) is 33.5 Å². The van der Waals surface area contributed by atoms with Crippen LogP contribution in [0.3, 0.4) is 0 Å². The zero-order chi connectivity index (χ0) is 20.5. The van der Waals surface area contributed by atoms with Gasteiger partial charge in [-0.05, 0) is 44.4 Å². The van der Waals surface area contributed by atoms with Crippen molar-refractivity contribution in [3.8, 4) is 17.2 Å². The molecule has 0 aliphatic heterocycles. The zero-order valence-electron chi connectivity index (χ0n) is 16.0. The Kier molecular flexibility index (Phi) is 5.48. The van der Waals surface area contributed by atoms with Gasteiger partial charge in [-0.2, -0.15) is 5.10 Å². The van der Waals surface area contributed by atoms with Crippen molar-refractivity contribution >= 4 is 29.0 Å². The molecule has 1 aliphatic rings. The highest BCUT2D eigenvalue weighted by molar-refractivity contribution is 6.41. The first-order chi connectivity index (χ1) is 14.0. The van der Waals surface area contributed by atoms with Crippen LogP contribution >= 0.6 is 23.2 Å². The lowest BCUT2D eigenvalue weighted by Gasteiger charge is -2.19. The maximum Gasteiger partial charge on any atom is 0.223 e. The van der Waals surface area contributed by atoms with Crippen molar-refractivity contribution in [2.75, 3.05) is 0 Å². The Labute approximate surface area is 178 Å². The predicted molar refractivity (Wildman–Crippen MR) is 111 cm³/mol. The van der Waals surface area contributed by atoms with Crippen LogP contribution in [0.4, 0.5) is 0 Å². The first-order valence-corrected chi connectivity index (χ1v) is 10.0. The van der Waals surface area contributed by atoms with Crippen molar-refractivity contribution < 1.29 is 14.1 Å². The third kappa shape index (κ3) is 3.82. The Bertz CT molecular complexity index is 1100. The van der Waals surface area contributed by atoms with Crippen molar-refractivity contribution in [1.29, 1.82) is 0 Å². The summed E-state index contributed by atoms with van der Waals surface area (Å²) in [5, 5.41) is 8.66. The lowest BCUT2D eigenvalue weighted by molar-refractivity contribution is 0.103. The first-order valence-electron chi connectivity index (χ1n) is 9.27. The van der Waals surface area contributed by atoms with Crippen molar-refractivity contribution in [3.05, 3.63) is 63.4 Å². The van der Waals surface area contributed by atoms with Crippen LogP contribution in [0, 0.1) is 6.92 Å². The van der Waals surface area contributed by atoms with Crippen molar-refractivity contribution in [3.63, 3.8) is 0 Å². The highest BCUT2D eigenvalue weighted by atomic mass is 35.5. The van der Waals surface area contributed by atoms with Crippen LogP contribution in [-0.4, -0.2) is 26.8 Å². The fourth-order valence-electron chi connectivity index (χ4n) is 3.32. The number of allylic oxidation sites excluding steroid dienone is 1. The van der Waals surface area contributed by atoms with Gasteiger partial charge in [0.05, 0.1) is 27.5 Å². The normalized spacial score (nSPS) is 16.2. The molecule has 1 unspecified atom stereocenters. The van der Waals surface area contributed by atoms with E-state index in [1.54, 1.807) is 36.9 Å². The topological polar surface area (TPSA) is 70.2 Å². The van der Waals surface area contributed by atoms with Gasteiger partial charge in [0, 0.05) is 18.7 Å². The van der Waals surface area contributed by atoms with Gasteiger partial charge < -0.3 is 9.26 Å². The number of rotatable bonds is 5. The minimum absolute atomic E-state index is 0.0841. The molecule has 2 aromatic heterocycles. The molecule has 1 aliphatic carbocycles. The molecule has 3 aromatic rings. The molecule has 150 valence electrons. The van der Waals surface area contributed by atoms with E-state index < -0.39 is 0 Å². The van der Waals surface area contributed by atoms with E-state index in [1.807, 2.05) is 6.08 Å². The average molecular weight is 432 g/mol. The fourth-order valence-corrected chi connectivity index (χ4v) is 3.97. The van der Waals surface area contributed by atoms with Crippen LogP contribution in [0.15, 0.2) is 41.1 Å². The third-order valence-electron chi connectivity index (χ3n) is 4.81. The number of nitrogens with zero attached hydrogens (tertiary/aromatic N) is 3. The van der Waals surface area contributed by atoms with Crippen molar-refractivity contribution in [2.45, 2.75) is 32.3 Å². The summed E-state index contributed by atoms with van der Waals surface area (Å²) in [6, 6.07) is 4.93. The molecule has 0 fully saturated rings. The average Bonchev–Trinajstić information content (AvgIpc) is 3.28. The molecule has 0 N–H and O–H groups in total. The largest absolute Gasteiger partial charge is 0.470 e. The van der Waals surface area contributed by atoms with E-state index in [2.05, 4.69) is 16.3 Å². The maximum atomic E-state index is 13.3. The second-order valence-corrected chi connectivity index (χ2v) is 7.73. The highest BCUT2D eigenvalue weighted by Gasteiger charge is 2.26. The molecule has 29 heavy (non-hydrogen) atoms. The summed E-state index contributed by atoms with van der Waals surface area (Å²) in [6.45, 7) is 1.79. The molecule has 0 saturated carbocycles. The van der Waals surface area contributed by atoms with Crippen molar-refractivity contribution in [2.24, 2.45) is 7.05 Å². The van der Waals surface area contributed by atoms with E-state index in [9.17, 15) is 4.79 Å². The number of halogens is 2. The molecule has 8 heteroatoms. The second-order valence-electron chi connectivity index (χ2n) is 6.95. The number of aryl methyl sites for hydroxylation is 2. The molecule has 4 rings (SSSR count). The summed E-state index contributed by atoms with van der Waals surface area (Å²) in [4.78, 5) is 13.3. The maximum absolute atomic E-state index is 13.3. The van der Waals surface area contributed by atoms with Gasteiger partial charge in [0.2, 0.25) is 11.7 Å². The van der Waals surface area contributed by atoms with E-state index >= 15 is 0 Å². The van der Waals surface area contributed by atoms with E-state index in [4.69, 9.17) is 32.5 Å². The summed E-state index contributed by atoms with van der Waals surface area (Å²) < 4.78 is 12.9. The number of ketones is 1. The lowest BCUT2D eigenvalue weighted by atomic mass is 10.0. The molecule has 0 radical (unpaired) electrons. The molecule has 0 amide bonds. The molecule has 2 heterocycles. The van der Waals surface area contributed by atoms with Crippen LogP contribution in [-0.2, 0) is 7.05 Å². The first kappa shape index (κ1) is 19.7. The van der Waals surface area contributed by atoms with Gasteiger partial charge in [-0.3, -0.25) is 4.79 Å². The Morgan fingerprint density at radius 1 is 1.31 bits per heavy atom. The molecule has 6 nitrogen and oxygen atoms in total. The van der Waals surface area contributed by atoms with Gasteiger partial charge in [0.1, 0.15) is 11.7 Å². The SMILES string of the molecule is Cc1cc(-c2c(Cl)ccc(C(=O)c3cnn(C)c3OC3C=CCCC3)c2Cl)on1.